The summed E-state index contributed by atoms with van der Waals surface area (Å²) in [7, 11) is 0. The van der Waals surface area contributed by atoms with Crippen molar-refractivity contribution in [2.24, 2.45) is 0 Å². The van der Waals surface area contributed by atoms with Gasteiger partial charge in [0.25, 0.3) is 0 Å². The van der Waals surface area contributed by atoms with Gasteiger partial charge in [-0.15, -0.1) is 0 Å². The number of halogens is 3. The summed E-state index contributed by atoms with van der Waals surface area (Å²) in [6.45, 7) is 0. The van der Waals surface area contributed by atoms with E-state index < -0.39 is 0 Å². The monoisotopic (exact) mass is 482 g/mol. The van der Waals surface area contributed by atoms with Crippen LogP contribution in [0.5, 0.6) is 0 Å². The number of pyridine rings is 1. The van der Waals surface area contributed by atoms with E-state index >= 15 is 0 Å². The second kappa shape index (κ2) is 8.54. The number of thiocarbonyl (C=S) groups is 1. The number of hydrogen-bond donors (Lipinski definition) is 1. The summed E-state index contributed by atoms with van der Waals surface area (Å²) in [5.41, 5.74) is 2.83. The molecule has 1 N–H and O–H groups in total. The Labute approximate surface area is 200 Å². The van der Waals surface area contributed by atoms with Gasteiger partial charge in [-0.25, -0.2) is 4.39 Å². The molecular formula is C24H17Cl2FN4S. The molecular weight excluding hydrogens is 466 g/mol. The molecule has 2 aromatic carbocycles. The fourth-order valence-electron chi connectivity index (χ4n) is 4.09. The van der Waals surface area contributed by atoms with Crippen LogP contribution in [0.3, 0.4) is 0 Å². The van der Waals surface area contributed by atoms with Crippen LogP contribution in [-0.4, -0.2) is 14.7 Å². The molecule has 3 heterocycles. The third kappa shape index (κ3) is 3.64. The predicted molar refractivity (Wildman–Crippen MR) is 130 cm³/mol. The highest BCUT2D eigenvalue weighted by atomic mass is 35.5. The van der Waals surface area contributed by atoms with Crippen LogP contribution >= 0.6 is 35.4 Å². The van der Waals surface area contributed by atoms with E-state index in [1.54, 1.807) is 41.4 Å². The van der Waals surface area contributed by atoms with E-state index in [4.69, 9.17) is 35.4 Å². The van der Waals surface area contributed by atoms with Crippen LogP contribution in [0.2, 0.25) is 10.0 Å². The number of nitrogens with one attached hydrogen (secondary N) is 1. The zero-order valence-corrected chi connectivity index (χ0v) is 18.9. The maximum Gasteiger partial charge on any atom is 0.174 e. The zero-order valence-electron chi connectivity index (χ0n) is 16.6. The molecule has 0 spiro atoms. The molecule has 0 aliphatic carbocycles. The lowest BCUT2D eigenvalue weighted by atomic mass is 10.0. The minimum Gasteiger partial charge on any atom is -0.351 e. The number of hydrogen-bond acceptors (Lipinski definition) is 2. The highest BCUT2D eigenvalue weighted by molar-refractivity contribution is 7.80. The van der Waals surface area contributed by atoms with E-state index in [0.29, 0.717) is 20.8 Å². The van der Waals surface area contributed by atoms with Crippen molar-refractivity contribution >= 4 is 46.2 Å². The first kappa shape index (κ1) is 20.9. The van der Waals surface area contributed by atoms with Crippen molar-refractivity contribution in [2.75, 3.05) is 4.90 Å². The van der Waals surface area contributed by atoms with Gasteiger partial charge < -0.3 is 14.8 Å². The smallest absolute Gasteiger partial charge is 0.174 e. The third-order valence-corrected chi connectivity index (χ3v) is 6.32. The molecule has 2 aromatic heterocycles. The molecule has 0 bridgehead atoms. The van der Waals surface area contributed by atoms with E-state index in [9.17, 15) is 4.39 Å². The third-order valence-electron chi connectivity index (χ3n) is 5.46. The Morgan fingerprint density at radius 2 is 1.75 bits per heavy atom. The van der Waals surface area contributed by atoms with Gasteiger partial charge in [0.05, 0.1) is 28.1 Å². The average molecular weight is 483 g/mol. The van der Waals surface area contributed by atoms with E-state index in [-0.39, 0.29) is 17.9 Å². The summed E-state index contributed by atoms with van der Waals surface area (Å²) in [5.74, 6) is -0.356. The lowest BCUT2D eigenvalue weighted by Gasteiger charge is -2.29. The fraction of sp³-hybridized carbons (Fsp3) is 0.0833. The van der Waals surface area contributed by atoms with Crippen LogP contribution in [0.25, 0.3) is 5.69 Å². The molecule has 1 aliphatic heterocycles. The Morgan fingerprint density at radius 3 is 2.50 bits per heavy atom. The second-order valence-electron chi connectivity index (χ2n) is 7.35. The van der Waals surface area contributed by atoms with Crippen molar-refractivity contribution in [1.29, 1.82) is 0 Å². The van der Waals surface area contributed by atoms with E-state index in [1.165, 1.54) is 6.07 Å². The summed E-state index contributed by atoms with van der Waals surface area (Å²) in [5, 5.41) is 4.83. The average Bonchev–Trinajstić information content (AvgIpc) is 3.39. The van der Waals surface area contributed by atoms with E-state index in [0.717, 1.165) is 17.1 Å². The second-order valence-corrected chi connectivity index (χ2v) is 8.58. The van der Waals surface area contributed by atoms with Gasteiger partial charge in [-0.3, -0.25) is 4.98 Å². The van der Waals surface area contributed by atoms with Crippen LogP contribution in [0, 0.1) is 5.82 Å². The minimum atomic E-state index is -0.379. The van der Waals surface area contributed by atoms with Crippen molar-refractivity contribution in [2.45, 2.75) is 12.1 Å². The molecule has 0 amide bonds. The van der Waals surface area contributed by atoms with Gasteiger partial charge in [0, 0.05) is 23.1 Å². The summed E-state index contributed by atoms with van der Waals surface area (Å²) >= 11 is 18.3. The van der Waals surface area contributed by atoms with Crippen molar-refractivity contribution in [3.05, 3.63) is 112 Å². The van der Waals surface area contributed by atoms with Gasteiger partial charge in [0.1, 0.15) is 11.9 Å². The molecule has 2 atom stereocenters. The molecule has 160 valence electrons. The number of benzene rings is 2. The standard InChI is InChI=1S/C24H17Cl2FN4S/c25-15-10-11-19(16(26)14-15)30-13-5-9-21(30)23-22(18-7-3-4-12-28-18)29-24(32)31(23)20-8-2-1-6-17(20)27/h1-14,22-23H,(H,29,32)/t22-,23+/m0/s1. The molecule has 4 nitrogen and oxygen atoms in total. The number of anilines is 1. The van der Waals surface area contributed by atoms with Gasteiger partial charge in [-0.05, 0) is 66.8 Å². The molecule has 4 aromatic rings. The minimum absolute atomic E-state index is 0.303. The Bertz CT molecular complexity index is 1290. The highest BCUT2D eigenvalue weighted by Crippen LogP contribution is 2.43. The fourth-order valence-corrected chi connectivity index (χ4v) is 4.93. The number of rotatable bonds is 4. The maximum absolute atomic E-state index is 14.9. The summed E-state index contributed by atoms with van der Waals surface area (Å²) < 4.78 is 16.9. The van der Waals surface area contributed by atoms with Crippen molar-refractivity contribution < 1.29 is 4.39 Å². The molecule has 0 saturated carbocycles. The normalized spacial score (nSPS) is 18.1. The molecule has 1 aliphatic rings. The van der Waals surface area contributed by atoms with Crippen LogP contribution in [0.1, 0.15) is 23.5 Å². The molecule has 0 unspecified atom stereocenters. The highest BCUT2D eigenvalue weighted by Gasteiger charge is 2.43. The van der Waals surface area contributed by atoms with Gasteiger partial charge in [0.15, 0.2) is 5.11 Å². The Hall–Kier alpha value is -2.93. The zero-order chi connectivity index (χ0) is 22.2. The number of nitrogens with zero attached hydrogens (tertiary/aromatic N) is 3. The molecule has 8 heteroatoms. The Balaban J connectivity index is 1.70. The molecule has 0 radical (unpaired) electrons. The van der Waals surface area contributed by atoms with E-state index in [1.807, 2.05) is 47.2 Å². The summed E-state index contributed by atoms with van der Waals surface area (Å²) in [6.07, 6.45) is 3.65. The predicted octanol–water partition coefficient (Wildman–Crippen LogP) is 6.50. The number of para-hydroxylation sites is 1. The molecule has 32 heavy (non-hydrogen) atoms. The van der Waals surface area contributed by atoms with E-state index in [2.05, 4.69) is 10.3 Å². The largest absolute Gasteiger partial charge is 0.351 e. The van der Waals surface area contributed by atoms with Crippen molar-refractivity contribution in [3.63, 3.8) is 0 Å². The van der Waals surface area contributed by atoms with Gasteiger partial charge in [0.2, 0.25) is 0 Å². The maximum atomic E-state index is 14.9. The topological polar surface area (TPSA) is 33.1 Å². The molecule has 1 fully saturated rings. The SMILES string of the molecule is Fc1ccccc1N1C(=S)N[C@@H](c2ccccn2)[C@H]1c1cccn1-c1ccc(Cl)cc1Cl. The van der Waals surface area contributed by atoms with Crippen LogP contribution < -0.4 is 10.2 Å². The van der Waals surface area contributed by atoms with Crippen LogP contribution in [0.15, 0.2) is 85.2 Å². The van der Waals surface area contributed by atoms with Crippen molar-refractivity contribution in [1.82, 2.24) is 14.9 Å². The first-order chi connectivity index (χ1) is 15.5. The first-order valence-electron chi connectivity index (χ1n) is 9.92. The summed E-state index contributed by atoms with van der Waals surface area (Å²) in [6, 6.07) is 20.9. The van der Waals surface area contributed by atoms with Gasteiger partial charge in [-0.2, -0.15) is 0 Å². The van der Waals surface area contributed by atoms with Gasteiger partial charge >= 0.3 is 0 Å². The Kier molecular flexibility index (Phi) is 5.59. The van der Waals surface area contributed by atoms with Crippen LogP contribution in [0.4, 0.5) is 10.1 Å². The molecule has 5 rings (SSSR count). The number of aromatic nitrogens is 2. The van der Waals surface area contributed by atoms with Crippen molar-refractivity contribution in [3.8, 4) is 5.69 Å². The lowest BCUT2D eigenvalue weighted by Crippen LogP contribution is -2.31. The Morgan fingerprint density at radius 1 is 0.938 bits per heavy atom. The molecule has 1 saturated heterocycles. The first-order valence-corrected chi connectivity index (χ1v) is 11.1. The van der Waals surface area contributed by atoms with Gasteiger partial charge in [-0.1, -0.05) is 41.4 Å². The van der Waals surface area contributed by atoms with Crippen LogP contribution in [-0.2, 0) is 0 Å². The lowest BCUT2D eigenvalue weighted by molar-refractivity contribution is 0.542. The summed E-state index contributed by atoms with van der Waals surface area (Å²) in [4.78, 5) is 6.35. The quantitative estimate of drug-likeness (QED) is 0.336.